The molecule has 74 valence electrons. The minimum Gasteiger partial charge on any atom is -0.396 e. The molecular formula is C10H15BrOS. The highest BCUT2D eigenvalue weighted by Gasteiger charge is 2.16. The maximum Gasteiger partial charge on any atom is 0.0701 e. The number of aliphatic hydroxyl groups is 1. The third-order valence-electron chi connectivity index (χ3n) is 2.20. The van der Waals surface area contributed by atoms with Crippen LogP contribution in [0.15, 0.2) is 15.9 Å². The van der Waals surface area contributed by atoms with Gasteiger partial charge in [-0.3, -0.25) is 0 Å². The van der Waals surface area contributed by atoms with Crippen molar-refractivity contribution >= 4 is 27.3 Å². The van der Waals surface area contributed by atoms with E-state index in [9.17, 15) is 0 Å². The maximum absolute atomic E-state index is 8.95. The van der Waals surface area contributed by atoms with E-state index in [2.05, 4.69) is 41.9 Å². The van der Waals surface area contributed by atoms with Crippen molar-refractivity contribution < 1.29 is 5.11 Å². The first kappa shape index (κ1) is 11.2. The van der Waals surface area contributed by atoms with Crippen molar-refractivity contribution in [2.24, 2.45) is 5.92 Å². The molecule has 1 aromatic heterocycles. The second kappa shape index (κ2) is 5.13. The fraction of sp³-hybridized carbons (Fsp3) is 0.600. The topological polar surface area (TPSA) is 20.2 Å². The summed E-state index contributed by atoms with van der Waals surface area (Å²) in [4.78, 5) is 1.37. The maximum atomic E-state index is 8.95. The molecule has 1 unspecified atom stereocenters. The third kappa shape index (κ3) is 3.08. The Morgan fingerprint density at radius 3 is 2.54 bits per heavy atom. The van der Waals surface area contributed by atoms with E-state index >= 15 is 0 Å². The summed E-state index contributed by atoms with van der Waals surface area (Å²) in [5, 5.41) is 8.95. The second-order valence-electron chi connectivity index (χ2n) is 3.50. The van der Waals surface area contributed by atoms with Crippen LogP contribution in [0.4, 0.5) is 0 Å². The lowest BCUT2D eigenvalue weighted by molar-refractivity contribution is 0.262. The minimum atomic E-state index is 0.276. The van der Waals surface area contributed by atoms with Crippen LogP contribution in [0.1, 0.15) is 31.1 Å². The second-order valence-corrected chi connectivity index (χ2v) is 6.00. The standard InChI is InChI=1S/C10H15BrOS/c1-7(2)8(5-6-12)9-3-4-10(11)13-9/h3-4,7-8,12H,5-6H2,1-2H3. The first-order chi connectivity index (χ1) is 6.15. The third-order valence-corrected chi connectivity index (χ3v) is 3.96. The number of halogens is 1. The Morgan fingerprint density at radius 2 is 2.15 bits per heavy atom. The molecule has 0 aromatic carbocycles. The molecule has 1 aromatic rings. The Labute approximate surface area is 91.9 Å². The average Bonchev–Trinajstić information content (AvgIpc) is 2.46. The molecule has 1 atom stereocenters. The van der Waals surface area contributed by atoms with Gasteiger partial charge < -0.3 is 5.11 Å². The van der Waals surface area contributed by atoms with Crippen LogP contribution in [0.25, 0.3) is 0 Å². The Hall–Kier alpha value is 0.140. The molecule has 1 rings (SSSR count). The van der Waals surface area contributed by atoms with Crippen molar-refractivity contribution in [1.29, 1.82) is 0 Å². The Bertz CT molecular complexity index is 257. The molecule has 0 saturated carbocycles. The van der Waals surface area contributed by atoms with E-state index in [-0.39, 0.29) is 6.61 Å². The van der Waals surface area contributed by atoms with E-state index in [4.69, 9.17) is 5.11 Å². The Balaban J connectivity index is 2.75. The summed E-state index contributed by atoms with van der Waals surface area (Å²) in [5.74, 6) is 1.10. The lowest BCUT2D eigenvalue weighted by atomic mass is 9.91. The molecule has 1 N–H and O–H groups in total. The van der Waals surface area contributed by atoms with Gasteiger partial charge in [0, 0.05) is 11.5 Å². The van der Waals surface area contributed by atoms with Crippen LogP contribution in [-0.4, -0.2) is 11.7 Å². The molecule has 1 heterocycles. The molecule has 0 saturated heterocycles. The molecule has 0 spiro atoms. The van der Waals surface area contributed by atoms with Gasteiger partial charge >= 0.3 is 0 Å². The highest BCUT2D eigenvalue weighted by atomic mass is 79.9. The smallest absolute Gasteiger partial charge is 0.0701 e. The Kier molecular flexibility index (Phi) is 4.42. The fourth-order valence-electron chi connectivity index (χ4n) is 1.47. The summed E-state index contributed by atoms with van der Waals surface area (Å²) < 4.78 is 1.17. The van der Waals surface area contributed by atoms with Gasteiger partial charge in [0.05, 0.1) is 3.79 Å². The van der Waals surface area contributed by atoms with Crippen molar-refractivity contribution in [2.75, 3.05) is 6.61 Å². The molecule has 0 amide bonds. The number of rotatable bonds is 4. The molecule has 3 heteroatoms. The first-order valence-corrected chi connectivity index (χ1v) is 6.12. The van der Waals surface area contributed by atoms with E-state index in [1.165, 1.54) is 8.66 Å². The predicted octanol–water partition coefficient (Wildman–Crippen LogP) is 3.63. The van der Waals surface area contributed by atoms with E-state index < -0.39 is 0 Å². The SMILES string of the molecule is CC(C)C(CCO)c1ccc(Br)s1. The summed E-state index contributed by atoms with van der Waals surface area (Å²) in [7, 11) is 0. The molecule has 0 radical (unpaired) electrons. The summed E-state index contributed by atoms with van der Waals surface area (Å²) in [6.07, 6.45) is 0.866. The Morgan fingerprint density at radius 1 is 1.46 bits per heavy atom. The van der Waals surface area contributed by atoms with Gasteiger partial charge in [-0.25, -0.2) is 0 Å². The molecule has 0 aliphatic heterocycles. The zero-order chi connectivity index (χ0) is 9.84. The van der Waals surface area contributed by atoms with Crippen LogP contribution in [0.3, 0.4) is 0 Å². The highest BCUT2D eigenvalue weighted by Crippen LogP contribution is 2.34. The first-order valence-electron chi connectivity index (χ1n) is 4.51. The predicted molar refractivity (Wildman–Crippen MR) is 61.3 cm³/mol. The molecular weight excluding hydrogens is 248 g/mol. The van der Waals surface area contributed by atoms with Gasteiger partial charge in [-0.1, -0.05) is 13.8 Å². The van der Waals surface area contributed by atoms with E-state index in [0.717, 1.165) is 6.42 Å². The molecule has 0 bridgehead atoms. The molecule has 0 aliphatic rings. The zero-order valence-electron chi connectivity index (χ0n) is 7.96. The van der Waals surface area contributed by atoms with Crippen molar-refractivity contribution in [2.45, 2.75) is 26.2 Å². The largest absolute Gasteiger partial charge is 0.396 e. The van der Waals surface area contributed by atoms with Crippen LogP contribution in [-0.2, 0) is 0 Å². The highest BCUT2D eigenvalue weighted by molar-refractivity contribution is 9.11. The lowest BCUT2D eigenvalue weighted by Gasteiger charge is -2.17. The van der Waals surface area contributed by atoms with Gasteiger partial charge in [0.25, 0.3) is 0 Å². The van der Waals surface area contributed by atoms with E-state index in [1.54, 1.807) is 11.3 Å². The number of hydrogen-bond acceptors (Lipinski definition) is 2. The number of hydrogen-bond donors (Lipinski definition) is 1. The summed E-state index contributed by atoms with van der Waals surface area (Å²) >= 11 is 5.23. The van der Waals surface area contributed by atoms with Crippen LogP contribution >= 0.6 is 27.3 Å². The summed E-state index contributed by atoms with van der Waals surface area (Å²) in [5.41, 5.74) is 0. The summed E-state index contributed by atoms with van der Waals surface area (Å²) in [6.45, 7) is 4.68. The van der Waals surface area contributed by atoms with Crippen molar-refractivity contribution in [3.63, 3.8) is 0 Å². The quantitative estimate of drug-likeness (QED) is 0.879. The monoisotopic (exact) mass is 262 g/mol. The van der Waals surface area contributed by atoms with E-state index in [0.29, 0.717) is 11.8 Å². The van der Waals surface area contributed by atoms with Crippen molar-refractivity contribution in [3.05, 3.63) is 20.8 Å². The average molecular weight is 263 g/mol. The van der Waals surface area contributed by atoms with Gasteiger partial charge in [-0.2, -0.15) is 0 Å². The van der Waals surface area contributed by atoms with Crippen LogP contribution in [0, 0.1) is 5.92 Å². The normalized spacial score (nSPS) is 13.6. The van der Waals surface area contributed by atoms with Crippen molar-refractivity contribution in [1.82, 2.24) is 0 Å². The van der Waals surface area contributed by atoms with E-state index in [1.807, 2.05) is 0 Å². The molecule has 0 aliphatic carbocycles. The molecule has 1 nitrogen and oxygen atoms in total. The van der Waals surface area contributed by atoms with Gasteiger partial charge in [-0.05, 0) is 46.3 Å². The van der Waals surface area contributed by atoms with Crippen LogP contribution in [0.2, 0.25) is 0 Å². The fourth-order valence-corrected chi connectivity index (χ4v) is 3.20. The number of aliphatic hydroxyl groups excluding tert-OH is 1. The molecule has 0 fully saturated rings. The van der Waals surface area contributed by atoms with Gasteiger partial charge in [-0.15, -0.1) is 11.3 Å². The van der Waals surface area contributed by atoms with Crippen molar-refractivity contribution in [3.8, 4) is 0 Å². The lowest BCUT2D eigenvalue weighted by Crippen LogP contribution is -2.06. The number of thiophene rings is 1. The van der Waals surface area contributed by atoms with Gasteiger partial charge in [0.2, 0.25) is 0 Å². The van der Waals surface area contributed by atoms with Gasteiger partial charge in [0.15, 0.2) is 0 Å². The summed E-state index contributed by atoms with van der Waals surface area (Å²) in [6, 6.07) is 4.22. The van der Waals surface area contributed by atoms with Crippen LogP contribution in [0.5, 0.6) is 0 Å². The molecule has 13 heavy (non-hydrogen) atoms. The van der Waals surface area contributed by atoms with Gasteiger partial charge in [0.1, 0.15) is 0 Å². The zero-order valence-corrected chi connectivity index (χ0v) is 10.4. The van der Waals surface area contributed by atoms with Crippen LogP contribution < -0.4 is 0 Å². The minimum absolute atomic E-state index is 0.276.